The Morgan fingerprint density at radius 1 is 1.43 bits per heavy atom. The van der Waals surface area contributed by atoms with Gasteiger partial charge in [-0.2, -0.15) is 0 Å². The highest BCUT2D eigenvalue weighted by Gasteiger charge is 2.18. The molecule has 0 aliphatic heterocycles. The Morgan fingerprint density at radius 3 is 2.71 bits per heavy atom. The van der Waals surface area contributed by atoms with Crippen molar-refractivity contribution in [1.29, 1.82) is 0 Å². The Bertz CT molecular complexity index is 455. The van der Waals surface area contributed by atoms with Crippen LogP contribution < -0.4 is 10.1 Å². The Hall–Kier alpha value is -1.59. The minimum absolute atomic E-state index is 0.0519. The standard InChI is InChI=1S/C16H26N2O3/c1-5-18(12-16(2,3)20)11-15(19)17-10-13-7-6-8-14(9-13)21-4/h6-9,20H,5,10-12H2,1-4H3,(H,17,19). The van der Waals surface area contributed by atoms with Crippen molar-refractivity contribution in [3.63, 3.8) is 0 Å². The summed E-state index contributed by atoms with van der Waals surface area (Å²) < 4.78 is 5.15. The van der Waals surface area contributed by atoms with Gasteiger partial charge in [0.1, 0.15) is 5.75 Å². The van der Waals surface area contributed by atoms with Gasteiger partial charge in [-0.1, -0.05) is 19.1 Å². The Kier molecular flexibility index (Phi) is 6.65. The molecule has 0 atom stereocenters. The molecule has 0 aliphatic carbocycles. The van der Waals surface area contributed by atoms with Crippen LogP contribution in [0.2, 0.25) is 0 Å². The summed E-state index contributed by atoms with van der Waals surface area (Å²) in [7, 11) is 1.62. The van der Waals surface area contributed by atoms with Crippen LogP contribution in [0.15, 0.2) is 24.3 Å². The molecule has 1 aromatic carbocycles. The van der Waals surface area contributed by atoms with E-state index in [0.717, 1.165) is 17.9 Å². The van der Waals surface area contributed by atoms with Crippen LogP contribution in [0.5, 0.6) is 5.75 Å². The maximum Gasteiger partial charge on any atom is 0.234 e. The van der Waals surface area contributed by atoms with E-state index in [0.29, 0.717) is 13.1 Å². The van der Waals surface area contributed by atoms with Crippen LogP contribution in [-0.4, -0.2) is 48.3 Å². The maximum absolute atomic E-state index is 12.0. The molecule has 0 aromatic heterocycles. The molecule has 0 aliphatic rings. The Balaban J connectivity index is 2.45. The summed E-state index contributed by atoms with van der Waals surface area (Å²) in [4.78, 5) is 13.9. The largest absolute Gasteiger partial charge is 0.497 e. The molecule has 21 heavy (non-hydrogen) atoms. The number of likely N-dealkylation sites (N-methyl/N-ethyl adjacent to an activating group) is 1. The summed E-state index contributed by atoms with van der Waals surface area (Å²) in [5.74, 6) is 0.725. The van der Waals surface area contributed by atoms with Gasteiger partial charge in [0.25, 0.3) is 0 Å². The third kappa shape index (κ3) is 7.11. The topological polar surface area (TPSA) is 61.8 Å². The second-order valence-electron chi connectivity index (χ2n) is 5.74. The first kappa shape index (κ1) is 17.5. The van der Waals surface area contributed by atoms with Gasteiger partial charge in [-0.25, -0.2) is 0 Å². The lowest BCUT2D eigenvalue weighted by atomic mass is 10.1. The van der Waals surface area contributed by atoms with Crippen LogP contribution in [0, 0.1) is 0 Å². The van der Waals surface area contributed by atoms with Gasteiger partial charge in [-0.3, -0.25) is 9.69 Å². The van der Waals surface area contributed by atoms with Crippen LogP contribution in [0.4, 0.5) is 0 Å². The smallest absolute Gasteiger partial charge is 0.234 e. The lowest BCUT2D eigenvalue weighted by Crippen LogP contribution is -2.43. The quantitative estimate of drug-likeness (QED) is 0.761. The molecular weight excluding hydrogens is 268 g/mol. The molecule has 0 bridgehead atoms. The second kappa shape index (κ2) is 8.00. The highest BCUT2D eigenvalue weighted by molar-refractivity contribution is 5.78. The zero-order valence-electron chi connectivity index (χ0n) is 13.3. The minimum atomic E-state index is -0.802. The molecule has 0 unspecified atom stereocenters. The zero-order chi connectivity index (χ0) is 15.9. The molecule has 1 amide bonds. The summed E-state index contributed by atoms with van der Waals surface area (Å²) in [6.45, 7) is 7.39. The van der Waals surface area contributed by atoms with Crippen LogP contribution in [0.25, 0.3) is 0 Å². The van der Waals surface area contributed by atoms with Gasteiger partial charge in [0, 0.05) is 13.1 Å². The molecule has 1 rings (SSSR count). The third-order valence-electron chi connectivity index (χ3n) is 3.05. The average molecular weight is 294 g/mol. The van der Waals surface area contributed by atoms with Crippen LogP contribution in [0.1, 0.15) is 26.3 Å². The number of nitrogens with one attached hydrogen (secondary N) is 1. The molecular formula is C16H26N2O3. The number of methoxy groups -OCH3 is 1. The number of ether oxygens (including phenoxy) is 1. The number of rotatable bonds is 8. The van der Waals surface area contributed by atoms with Crippen molar-refractivity contribution in [3.8, 4) is 5.75 Å². The molecule has 1 aromatic rings. The molecule has 0 saturated heterocycles. The van der Waals surface area contributed by atoms with E-state index in [4.69, 9.17) is 4.74 Å². The van der Waals surface area contributed by atoms with Crippen molar-refractivity contribution in [1.82, 2.24) is 10.2 Å². The van der Waals surface area contributed by atoms with E-state index in [1.54, 1.807) is 21.0 Å². The van der Waals surface area contributed by atoms with Gasteiger partial charge < -0.3 is 15.2 Å². The number of carbonyl (C=O) groups is 1. The van der Waals surface area contributed by atoms with E-state index in [9.17, 15) is 9.90 Å². The first-order valence-electron chi connectivity index (χ1n) is 7.18. The van der Waals surface area contributed by atoms with E-state index < -0.39 is 5.60 Å². The van der Waals surface area contributed by atoms with E-state index in [-0.39, 0.29) is 12.5 Å². The molecule has 118 valence electrons. The lowest BCUT2D eigenvalue weighted by molar-refractivity contribution is -0.123. The predicted molar refractivity (Wildman–Crippen MR) is 83.3 cm³/mol. The van der Waals surface area contributed by atoms with E-state index in [1.165, 1.54) is 0 Å². The van der Waals surface area contributed by atoms with Crippen molar-refractivity contribution in [2.75, 3.05) is 26.7 Å². The van der Waals surface area contributed by atoms with Gasteiger partial charge in [0.2, 0.25) is 5.91 Å². The number of hydrogen-bond acceptors (Lipinski definition) is 4. The van der Waals surface area contributed by atoms with Gasteiger partial charge in [-0.15, -0.1) is 0 Å². The number of benzene rings is 1. The number of carbonyl (C=O) groups excluding carboxylic acids is 1. The highest BCUT2D eigenvalue weighted by atomic mass is 16.5. The number of aliphatic hydroxyl groups is 1. The molecule has 0 saturated carbocycles. The van der Waals surface area contributed by atoms with Gasteiger partial charge in [0.15, 0.2) is 0 Å². The Labute approximate surface area is 126 Å². The zero-order valence-corrected chi connectivity index (χ0v) is 13.3. The molecule has 5 heteroatoms. The fourth-order valence-corrected chi connectivity index (χ4v) is 2.07. The van der Waals surface area contributed by atoms with E-state index in [1.807, 2.05) is 36.1 Å². The summed E-state index contributed by atoms with van der Waals surface area (Å²) in [6.07, 6.45) is 0. The number of nitrogens with zero attached hydrogens (tertiary/aromatic N) is 1. The Morgan fingerprint density at radius 2 is 2.14 bits per heavy atom. The number of hydrogen-bond donors (Lipinski definition) is 2. The summed E-state index contributed by atoms with van der Waals surface area (Å²) >= 11 is 0. The molecule has 0 radical (unpaired) electrons. The lowest BCUT2D eigenvalue weighted by Gasteiger charge is -2.27. The summed E-state index contributed by atoms with van der Waals surface area (Å²) in [5.41, 5.74) is 0.191. The van der Waals surface area contributed by atoms with E-state index in [2.05, 4.69) is 5.32 Å². The molecule has 2 N–H and O–H groups in total. The first-order valence-corrected chi connectivity index (χ1v) is 7.18. The average Bonchev–Trinajstić information content (AvgIpc) is 2.43. The maximum atomic E-state index is 12.0. The fraction of sp³-hybridized carbons (Fsp3) is 0.562. The van der Waals surface area contributed by atoms with Crippen molar-refractivity contribution in [2.24, 2.45) is 0 Å². The van der Waals surface area contributed by atoms with Crippen molar-refractivity contribution in [2.45, 2.75) is 32.9 Å². The van der Waals surface area contributed by atoms with Crippen LogP contribution >= 0.6 is 0 Å². The van der Waals surface area contributed by atoms with Crippen LogP contribution in [-0.2, 0) is 11.3 Å². The molecule has 0 fully saturated rings. The van der Waals surface area contributed by atoms with Gasteiger partial charge >= 0.3 is 0 Å². The predicted octanol–water partition coefficient (Wildman–Crippen LogP) is 1.40. The minimum Gasteiger partial charge on any atom is -0.497 e. The fourth-order valence-electron chi connectivity index (χ4n) is 2.07. The monoisotopic (exact) mass is 294 g/mol. The SMILES string of the molecule is CCN(CC(=O)NCc1cccc(OC)c1)CC(C)(C)O. The normalized spacial score (nSPS) is 11.5. The van der Waals surface area contributed by atoms with Crippen molar-refractivity contribution >= 4 is 5.91 Å². The van der Waals surface area contributed by atoms with Crippen molar-refractivity contribution in [3.05, 3.63) is 29.8 Å². The van der Waals surface area contributed by atoms with Gasteiger partial charge in [0.05, 0.1) is 19.3 Å². The van der Waals surface area contributed by atoms with Crippen molar-refractivity contribution < 1.29 is 14.6 Å². The van der Waals surface area contributed by atoms with Crippen LogP contribution in [0.3, 0.4) is 0 Å². The third-order valence-corrected chi connectivity index (χ3v) is 3.05. The number of amides is 1. The van der Waals surface area contributed by atoms with E-state index >= 15 is 0 Å². The molecule has 0 spiro atoms. The first-order chi connectivity index (χ1) is 9.84. The molecule has 5 nitrogen and oxygen atoms in total. The highest BCUT2D eigenvalue weighted by Crippen LogP contribution is 2.12. The summed E-state index contributed by atoms with van der Waals surface area (Å²) in [6, 6.07) is 7.60. The second-order valence-corrected chi connectivity index (χ2v) is 5.74. The summed E-state index contributed by atoms with van der Waals surface area (Å²) in [5, 5.41) is 12.7. The molecule has 0 heterocycles. The van der Waals surface area contributed by atoms with Gasteiger partial charge in [-0.05, 0) is 38.1 Å².